The van der Waals surface area contributed by atoms with E-state index in [0.717, 1.165) is 21.3 Å². The second kappa shape index (κ2) is 7.10. The number of benzene rings is 1. The highest BCUT2D eigenvalue weighted by Gasteiger charge is 2.11. The first kappa shape index (κ1) is 17.0. The molecular weight excluding hydrogens is 386 g/mol. The van der Waals surface area contributed by atoms with Crippen molar-refractivity contribution in [2.45, 2.75) is 0 Å². The molecule has 0 saturated carbocycles. The molecule has 0 amide bonds. The van der Waals surface area contributed by atoms with Gasteiger partial charge in [-0.25, -0.2) is 24.9 Å². The number of ether oxygens (including phenoxy) is 1. The number of pyridine rings is 2. The predicted molar refractivity (Wildman–Crippen MR) is 109 cm³/mol. The van der Waals surface area contributed by atoms with Crippen LogP contribution in [0.2, 0.25) is 0 Å². The van der Waals surface area contributed by atoms with Gasteiger partial charge >= 0.3 is 0 Å². The molecule has 0 spiro atoms. The van der Waals surface area contributed by atoms with Gasteiger partial charge in [0, 0.05) is 17.8 Å². The summed E-state index contributed by atoms with van der Waals surface area (Å²) < 4.78 is 5.82. The van der Waals surface area contributed by atoms with Gasteiger partial charge in [0.25, 0.3) is 0 Å². The predicted octanol–water partition coefficient (Wildman–Crippen LogP) is 4.44. The lowest BCUT2D eigenvalue weighted by atomic mass is 10.2. The van der Waals surface area contributed by atoms with Crippen LogP contribution >= 0.6 is 11.3 Å². The molecule has 5 aromatic rings. The monoisotopic (exact) mass is 397 g/mol. The van der Waals surface area contributed by atoms with Crippen LogP contribution in [-0.2, 0) is 0 Å². The number of nitriles is 1. The van der Waals surface area contributed by atoms with Gasteiger partial charge in [0.1, 0.15) is 39.9 Å². The fraction of sp³-hybridized carbons (Fsp3) is 0. The minimum Gasteiger partial charge on any atom is -0.438 e. The van der Waals surface area contributed by atoms with Crippen molar-refractivity contribution in [3.05, 3.63) is 66.7 Å². The summed E-state index contributed by atoms with van der Waals surface area (Å²) in [6, 6.07) is 14.6. The first-order valence-electron chi connectivity index (χ1n) is 8.56. The Morgan fingerprint density at radius 2 is 1.86 bits per heavy atom. The molecule has 0 aliphatic rings. The molecule has 0 saturated heterocycles. The molecule has 0 aliphatic heterocycles. The fourth-order valence-corrected chi connectivity index (χ4v) is 3.60. The number of hydrogen-bond donors (Lipinski definition) is 1. The van der Waals surface area contributed by atoms with Crippen molar-refractivity contribution in [1.82, 2.24) is 24.9 Å². The van der Waals surface area contributed by atoms with E-state index in [1.165, 1.54) is 17.7 Å². The van der Waals surface area contributed by atoms with Gasteiger partial charge in [-0.3, -0.25) is 0 Å². The van der Waals surface area contributed by atoms with E-state index in [0.29, 0.717) is 22.3 Å². The fourth-order valence-electron chi connectivity index (χ4n) is 2.79. The van der Waals surface area contributed by atoms with Gasteiger partial charge in [0.05, 0.1) is 5.52 Å². The molecule has 29 heavy (non-hydrogen) atoms. The normalized spacial score (nSPS) is 10.7. The lowest BCUT2D eigenvalue weighted by molar-refractivity contribution is 0.462. The second-order valence-electron chi connectivity index (χ2n) is 5.94. The third-order valence-corrected chi connectivity index (χ3v) is 5.00. The lowest BCUT2D eigenvalue weighted by Crippen LogP contribution is -1.96. The largest absolute Gasteiger partial charge is 0.438 e. The molecule has 8 nitrogen and oxygen atoms in total. The van der Waals surface area contributed by atoms with Gasteiger partial charge < -0.3 is 10.1 Å². The van der Waals surface area contributed by atoms with E-state index >= 15 is 0 Å². The third-order valence-electron chi connectivity index (χ3n) is 4.10. The number of nitrogens with one attached hydrogen (secondary N) is 1. The first-order valence-corrected chi connectivity index (χ1v) is 9.38. The number of thiazole rings is 1. The lowest BCUT2D eigenvalue weighted by Gasteiger charge is -2.09. The summed E-state index contributed by atoms with van der Waals surface area (Å²) in [6.45, 7) is 0. The van der Waals surface area contributed by atoms with E-state index in [4.69, 9.17) is 4.74 Å². The molecule has 5 rings (SSSR count). The van der Waals surface area contributed by atoms with E-state index in [1.807, 2.05) is 18.2 Å². The van der Waals surface area contributed by atoms with Crippen molar-refractivity contribution >= 4 is 43.5 Å². The highest BCUT2D eigenvalue weighted by molar-refractivity contribution is 7.21. The van der Waals surface area contributed by atoms with Crippen LogP contribution < -0.4 is 10.1 Å². The van der Waals surface area contributed by atoms with E-state index in [9.17, 15) is 5.26 Å². The molecule has 0 aliphatic carbocycles. The molecule has 0 unspecified atom stereocenters. The molecule has 0 fully saturated rings. The number of nitrogens with zero attached hydrogens (tertiary/aromatic N) is 6. The van der Waals surface area contributed by atoms with Gasteiger partial charge in [-0.2, -0.15) is 5.26 Å². The Morgan fingerprint density at radius 1 is 0.966 bits per heavy atom. The summed E-state index contributed by atoms with van der Waals surface area (Å²) in [5.74, 6) is 1.37. The van der Waals surface area contributed by atoms with E-state index in [-0.39, 0.29) is 5.88 Å². The summed E-state index contributed by atoms with van der Waals surface area (Å²) in [6.07, 6.45) is 4.80. The standard InChI is InChI=1S/C20H11N7OS/c21-10-12-3-1-7-22-18(12)28-13-5-6-15-14(9-13)17(25-11-24-15)27-20-26-16-4-2-8-23-19(16)29-20/h1-9,11H,(H,24,25,26,27). The number of rotatable bonds is 4. The highest BCUT2D eigenvalue weighted by Crippen LogP contribution is 2.31. The van der Waals surface area contributed by atoms with Crippen LogP contribution in [0.5, 0.6) is 11.6 Å². The average molecular weight is 397 g/mol. The maximum absolute atomic E-state index is 9.23. The second-order valence-corrected chi connectivity index (χ2v) is 6.92. The molecule has 1 N–H and O–H groups in total. The first-order chi connectivity index (χ1) is 14.3. The Hall–Kier alpha value is -4.16. The van der Waals surface area contributed by atoms with Gasteiger partial charge in [0.2, 0.25) is 5.88 Å². The van der Waals surface area contributed by atoms with E-state index in [1.54, 1.807) is 36.7 Å². The zero-order chi connectivity index (χ0) is 19.6. The Morgan fingerprint density at radius 3 is 2.76 bits per heavy atom. The molecule has 0 radical (unpaired) electrons. The zero-order valence-electron chi connectivity index (χ0n) is 14.8. The van der Waals surface area contributed by atoms with Gasteiger partial charge in [-0.15, -0.1) is 0 Å². The topological polar surface area (TPSA) is 110 Å². The molecule has 9 heteroatoms. The SMILES string of the molecule is N#Cc1cccnc1Oc1ccc2ncnc(Nc3nc4cccnc4s3)c2c1. The van der Waals surface area contributed by atoms with Crippen LogP contribution in [0.3, 0.4) is 0 Å². The van der Waals surface area contributed by atoms with Crippen LogP contribution in [0, 0.1) is 11.3 Å². The van der Waals surface area contributed by atoms with E-state index < -0.39 is 0 Å². The van der Waals surface area contributed by atoms with Crippen molar-refractivity contribution in [3.63, 3.8) is 0 Å². The summed E-state index contributed by atoms with van der Waals surface area (Å²) in [5.41, 5.74) is 1.93. The highest BCUT2D eigenvalue weighted by atomic mass is 32.1. The zero-order valence-corrected chi connectivity index (χ0v) is 15.6. The summed E-state index contributed by atoms with van der Waals surface area (Å²) in [7, 11) is 0. The summed E-state index contributed by atoms with van der Waals surface area (Å²) >= 11 is 1.44. The Bertz CT molecular complexity index is 1360. The number of aromatic nitrogens is 5. The quantitative estimate of drug-likeness (QED) is 0.474. The van der Waals surface area contributed by atoms with Gasteiger partial charge in [-0.1, -0.05) is 11.3 Å². The number of fused-ring (bicyclic) bond motifs is 2. The van der Waals surface area contributed by atoms with Crippen molar-refractivity contribution < 1.29 is 4.74 Å². The van der Waals surface area contributed by atoms with Gasteiger partial charge in [-0.05, 0) is 42.5 Å². The van der Waals surface area contributed by atoms with E-state index in [2.05, 4.69) is 36.3 Å². The molecule has 4 aromatic heterocycles. The summed E-state index contributed by atoms with van der Waals surface area (Å²) in [5, 5.41) is 13.9. The van der Waals surface area contributed by atoms with Crippen molar-refractivity contribution in [2.75, 3.05) is 5.32 Å². The van der Waals surface area contributed by atoms with Gasteiger partial charge in [0.15, 0.2) is 5.13 Å². The van der Waals surface area contributed by atoms with Crippen molar-refractivity contribution in [3.8, 4) is 17.7 Å². The Balaban J connectivity index is 1.52. The molecule has 0 atom stereocenters. The third kappa shape index (κ3) is 3.28. The Kier molecular flexibility index (Phi) is 4.16. The number of anilines is 2. The van der Waals surface area contributed by atoms with Crippen molar-refractivity contribution in [1.29, 1.82) is 5.26 Å². The minimum absolute atomic E-state index is 0.248. The molecule has 0 bridgehead atoms. The average Bonchev–Trinajstić information content (AvgIpc) is 3.17. The van der Waals surface area contributed by atoms with Crippen LogP contribution in [0.4, 0.5) is 10.9 Å². The van der Waals surface area contributed by atoms with Crippen LogP contribution in [0.25, 0.3) is 21.3 Å². The molecule has 1 aromatic carbocycles. The maximum Gasteiger partial charge on any atom is 0.237 e. The molecule has 138 valence electrons. The van der Waals surface area contributed by atoms with Crippen LogP contribution in [0.15, 0.2) is 61.2 Å². The molecular formula is C20H11N7OS. The Labute approximate surface area is 168 Å². The maximum atomic E-state index is 9.23. The minimum atomic E-state index is 0.248. The number of hydrogen-bond acceptors (Lipinski definition) is 9. The smallest absolute Gasteiger partial charge is 0.237 e. The summed E-state index contributed by atoms with van der Waals surface area (Å²) in [4.78, 5) is 22.5. The van der Waals surface area contributed by atoms with Crippen LogP contribution in [0.1, 0.15) is 5.56 Å². The van der Waals surface area contributed by atoms with Crippen molar-refractivity contribution in [2.24, 2.45) is 0 Å². The molecule has 4 heterocycles. The van der Waals surface area contributed by atoms with Crippen LogP contribution in [-0.4, -0.2) is 24.9 Å².